The van der Waals surface area contributed by atoms with Gasteiger partial charge in [0.05, 0.1) is 28.8 Å². The van der Waals surface area contributed by atoms with Crippen molar-refractivity contribution in [3.63, 3.8) is 0 Å². The number of benzene rings is 2. The lowest BCUT2D eigenvalue weighted by atomic mass is 9.95. The largest absolute Gasteiger partial charge is 0.363 e. The fraction of sp³-hybridized carbons (Fsp3) is 0.200. The maximum Gasteiger partial charge on any atom is 0.322 e. The minimum Gasteiger partial charge on any atom is -0.363 e. The van der Waals surface area contributed by atoms with Crippen LogP contribution in [0.15, 0.2) is 35.1 Å². The van der Waals surface area contributed by atoms with Crippen molar-refractivity contribution in [3.05, 3.63) is 74.4 Å². The number of ether oxygens (including phenoxy) is 1. The zero-order chi connectivity index (χ0) is 22.4. The molecule has 0 radical (unpaired) electrons. The van der Waals surface area contributed by atoms with Crippen LogP contribution in [0.1, 0.15) is 23.6 Å². The van der Waals surface area contributed by atoms with E-state index in [9.17, 15) is 27.9 Å². The van der Waals surface area contributed by atoms with Crippen molar-refractivity contribution in [2.75, 3.05) is 19.0 Å². The highest BCUT2D eigenvalue weighted by Gasteiger charge is 2.35. The lowest BCUT2D eigenvalue weighted by Crippen LogP contribution is -2.40. The summed E-state index contributed by atoms with van der Waals surface area (Å²) < 4.78 is 46.3. The van der Waals surface area contributed by atoms with E-state index in [2.05, 4.69) is 10.3 Å². The first-order valence-corrected chi connectivity index (χ1v) is 9.38. The average molecular weight is 454 g/mol. The molecule has 11 heteroatoms. The Morgan fingerprint density at radius 1 is 1.19 bits per heavy atom. The maximum atomic E-state index is 14.0. The molecule has 0 spiro atoms. The van der Waals surface area contributed by atoms with Crippen LogP contribution in [0.3, 0.4) is 0 Å². The summed E-state index contributed by atoms with van der Waals surface area (Å²) >= 11 is 5.73. The third-order valence-electron chi connectivity index (χ3n) is 5.08. The smallest absolute Gasteiger partial charge is 0.322 e. The van der Waals surface area contributed by atoms with Crippen LogP contribution in [-0.4, -0.2) is 34.7 Å². The number of halogens is 4. The maximum absolute atomic E-state index is 14.0. The summed E-state index contributed by atoms with van der Waals surface area (Å²) in [6.07, 6.45) is -1.52. The third kappa shape index (κ3) is 3.73. The molecule has 2 amide bonds. The second kappa shape index (κ2) is 7.88. The van der Waals surface area contributed by atoms with Gasteiger partial charge in [-0.1, -0.05) is 11.6 Å². The number of pyridine rings is 1. The number of carbonyl (C=O) groups is 1. The minimum absolute atomic E-state index is 0.0366. The number of urea groups is 1. The fourth-order valence-corrected chi connectivity index (χ4v) is 3.68. The van der Waals surface area contributed by atoms with Crippen LogP contribution in [0.2, 0.25) is 5.02 Å². The average Bonchev–Trinajstić information content (AvgIpc) is 2.72. The molecule has 7 nitrogen and oxygen atoms in total. The van der Waals surface area contributed by atoms with Gasteiger partial charge in [0, 0.05) is 18.3 Å². The Morgan fingerprint density at radius 2 is 1.87 bits per heavy atom. The predicted molar refractivity (Wildman–Crippen MR) is 106 cm³/mol. The van der Waals surface area contributed by atoms with E-state index >= 15 is 0 Å². The number of H-pyrrole nitrogens is 1. The Hall–Kier alpha value is -3.08. The summed E-state index contributed by atoms with van der Waals surface area (Å²) in [5.74, 6) is -3.05. The number of aromatic nitrogens is 1. The van der Waals surface area contributed by atoms with E-state index < -0.39 is 41.4 Å². The second-order valence-electron chi connectivity index (χ2n) is 6.96. The summed E-state index contributed by atoms with van der Waals surface area (Å²) in [6, 6.07) is 3.69. The summed E-state index contributed by atoms with van der Waals surface area (Å²) in [5, 5.41) is 12.4. The van der Waals surface area contributed by atoms with Gasteiger partial charge in [0.15, 0.2) is 17.9 Å². The molecular formula is C20H15ClF3N3O4. The highest BCUT2D eigenvalue weighted by atomic mass is 35.5. The second-order valence-corrected chi connectivity index (χ2v) is 7.37. The van der Waals surface area contributed by atoms with Gasteiger partial charge >= 0.3 is 6.03 Å². The van der Waals surface area contributed by atoms with Gasteiger partial charge in [-0.05, 0) is 35.7 Å². The molecule has 3 N–H and O–H groups in total. The molecule has 0 saturated heterocycles. The Morgan fingerprint density at radius 3 is 2.55 bits per heavy atom. The summed E-state index contributed by atoms with van der Waals surface area (Å²) in [4.78, 5) is 28.7. The van der Waals surface area contributed by atoms with E-state index in [0.717, 1.165) is 18.2 Å². The number of nitrogens with one attached hydrogen (secondary N) is 2. The zero-order valence-electron chi connectivity index (χ0n) is 15.9. The molecule has 0 aliphatic carbocycles. The minimum atomic E-state index is -1.52. The molecule has 0 fully saturated rings. The topological polar surface area (TPSA) is 94.7 Å². The zero-order valence-corrected chi connectivity index (χ0v) is 16.6. The number of hydrogen-bond acceptors (Lipinski definition) is 4. The molecule has 1 aliphatic rings. The standard InChI is InChI=1S/C20H15ClF3N3O4/c1-27(20(30)25-8-2-3-12(22)11(21)4-8)15-7-31-19(29)17-16(15)9-5-13(23)14(24)6-10(9)18(28)26-17/h2-6,15,19,29H,7H2,1H3,(H,25,30)(H,26,28). The number of nitrogens with zero attached hydrogens (tertiary/aromatic N) is 1. The lowest BCUT2D eigenvalue weighted by molar-refractivity contribution is -0.129. The van der Waals surface area contributed by atoms with Gasteiger partial charge in [0.2, 0.25) is 0 Å². The monoisotopic (exact) mass is 453 g/mol. The van der Waals surface area contributed by atoms with Gasteiger partial charge in [0.25, 0.3) is 5.56 Å². The molecule has 4 rings (SSSR count). The molecule has 2 aromatic carbocycles. The van der Waals surface area contributed by atoms with E-state index in [1.807, 2.05) is 0 Å². The molecular weight excluding hydrogens is 439 g/mol. The Labute approximate surface area is 178 Å². The van der Waals surface area contributed by atoms with Crippen LogP contribution in [0.25, 0.3) is 10.8 Å². The van der Waals surface area contributed by atoms with E-state index in [1.54, 1.807) is 0 Å². The quantitative estimate of drug-likeness (QED) is 0.549. The van der Waals surface area contributed by atoms with Crippen LogP contribution in [0.5, 0.6) is 0 Å². The van der Waals surface area contributed by atoms with Crippen molar-refractivity contribution in [2.24, 2.45) is 0 Å². The molecule has 2 heterocycles. The van der Waals surface area contributed by atoms with Gasteiger partial charge in [0.1, 0.15) is 5.82 Å². The van der Waals surface area contributed by atoms with E-state index in [0.29, 0.717) is 0 Å². The summed E-state index contributed by atoms with van der Waals surface area (Å²) in [6.45, 7) is -0.192. The number of likely N-dealkylation sites (N-methyl/N-ethyl adjacent to an activating group) is 1. The molecule has 1 aliphatic heterocycles. The molecule has 3 aromatic rings. The number of aliphatic hydroxyl groups is 1. The van der Waals surface area contributed by atoms with E-state index in [-0.39, 0.29) is 39.3 Å². The Bertz CT molecular complexity index is 1270. The number of hydrogen-bond donors (Lipinski definition) is 3. The van der Waals surface area contributed by atoms with Crippen molar-refractivity contribution < 1.29 is 27.8 Å². The molecule has 162 valence electrons. The molecule has 0 saturated carbocycles. The molecule has 31 heavy (non-hydrogen) atoms. The lowest BCUT2D eigenvalue weighted by Gasteiger charge is -2.35. The number of rotatable bonds is 2. The number of fused-ring (bicyclic) bond motifs is 3. The van der Waals surface area contributed by atoms with Gasteiger partial charge in [-0.25, -0.2) is 18.0 Å². The highest BCUT2D eigenvalue weighted by Crippen LogP contribution is 2.37. The molecule has 1 aromatic heterocycles. The number of aromatic amines is 1. The van der Waals surface area contributed by atoms with Gasteiger partial charge < -0.3 is 25.0 Å². The van der Waals surface area contributed by atoms with Crippen LogP contribution in [0.4, 0.5) is 23.7 Å². The van der Waals surface area contributed by atoms with Crippen molar-refractivity contribution in [3.8, 4) is 0 Å². The van der Waals surface area contributed by atoms with E-state index in [1.165, 1.54) is 24.1 Å². The van der Waals surface area contributed by atoms with Crippen LogP contribution < -0.4 is 10.9 Å². The summed E-state index contributed by atoms with van der Waals surface area (Å²) in [5.41, 5.74) is -0.380. The van der Waals surface area contributed by atoms with Crippen LogP contribution in [-0.2, 0) is 4.74 Å². The van der Waals surface area contributed by atoms with Crippen molar-refractivity contribution >= 4 is 34.1 Å². The van der Waals surface area contributed by atoms with E-state index in [4.69, 9.17) is 16.3 Å². The fourth-order valence-electron chi connectivity index (χ4n) is 3.49. The van der Waals surface area contributed by atoms with Crippen molar-refractivity contribution in [1.29, 1.82) is 0 Å². The third-order valence-corrected chi connectivity index (χ3v) is 5.37. The number of carbonyl (C=O) groups excluding carboxylic acids is 1. The first kappa shape index (κ1) is 21.2. The number of aliphatic hydroxyl groups excluding tert-OH is 1. The van der Waals surface area contributed by atoms with Gasteiger partial charge in [-0.3, -0.25) is 4.79 Å². The summed E-state index contributed by atoms with van der Waals surface area (Å²) in [7, 11) is 1.41. The number of anilines is 1. The molecule has 2 atom stereocenters. The van der Waals surface area contributed by atoms with Gasteiger partial charge in [-0.2, -0.15) is 0 Å². The van der Waals surface area contributed by atoms with Crippen molar-refractivity contribution in [2.45, 2.75) is 12.3 Å². The highest BCUT2D eigenvalue weighted by molar-refractivity contribution is 6.31. The van der Waals surface area contributed by atoms with Crippen LogP contribution in [0, 0.1) is 17.5 Å². The number of amides is 2. The Balaban J connectivity index is 1.77. The molecule has 2 unspecified atom stereocenters. The normalized spacial score (nSPS) is 18.0. The van der Waals surface area contributed by atoms with Crippen molar-refractivity contribution in [1.82, 2.24) is 9.88 Å². The predicted octanol–water partition coefficient (Wildman–Crippen LogP) is 3.82. The van der Waals surface area contributed by atoms with Crippen LogP contribution >= 0.6 is 11.6 Å². The Kier molecular flexibility index (Phi) is 5.38. The first-order chi connectivity index (χ1) is 14.7. The first-order valence-electron chi connectivity index (χ1n) is 9.00. The SMILES string of the molecule is CN(C(=O)Nc1ccc(F)c(Cl)c1)C1COC(O)c2[nH]c(=O)c3cc(F)c(F)cc3c21. The van der Waals surface area contributed by atoms with Gasteiger partial charge in [-0.15, -0.1) is 0 Å². The molecule has 0 bridgehead atoms.